The number of rotatable bonds is 14. The number of methoxy groups -OCH3 is 1. The Hall–Kier alpha value is -1.36. The van der Waals surface area contributed by atoms with Crippen LogP contribution in [0.5, 0.6) is 5.75 Å². The number of hydrogen-bond acceptors (Lipinski definition) is 5. The highest BCUT2D eigenvalue weighted by atomic mass is 28.3. The monoisotopic (exact) mass is 422 g/mol. The Bertz CT molecular complexity index is 596. The molecule has 29 heavy (non-hydrogen) atoms. The van der Waals surface area contributed by atoms with Gasteiger partial charge in [-0.2, -0.15) is 0 Å². The lowest BCUT2D eigenvalue weighted by Crippen LogP contribution is -2.29. The third kappa shape index (κ3) is 10.3. The van der Waals surface area contributed by atoms with Crippen LogP contribution in [0.2, 0.25) is 18.1 Å². The molecular weight excluding hydrogens is 384 g/mol. The van der Waals surface area contributed by atoms with Gasteiger partial charge in [0.1, 0.15) is 13.8 Å². The van der Waals surface area contributed by atoms with E-state index in [0.717, 1.165) is 11.3 Å². The maximum atomic E-state index is 10.0. The highest BCUT2D eigenvalue weighted by Crippen LogP contribution is 2.18. The molecule has 1 aromatic rings. The van der Waals surface area contributed by atoms with Crippen molar-refractivity contribution < 1.29 is 24.4 Å². The fraction of sp³-hybridized carbons (Fsp3) is 0.652. The molecule has 0 bridgehead atoms. The molecule has 0 fully saturated rings. The van der Waals surface area contributed by atoms with E-state index in [1.54, 1.807) is 7.11 Å². The molecule has 164 valence electrons. The highest BCUT2D eigenvalue weighted by molar-refractivity contribution is 6.87. The number of aliphatic hydroxyl groups is 2. The smallest absolute Gasteiger partial charge is 0.137 e. The third-order valence-electron chi connectivity index (χ3n) is 5.34. The van der Waals surface area contributed by atoms with E-state index in [-0.39, 0.29) is 13.2 Å². The minimum atomic E-state index is -1.44. The average molecular weight is 423 g/mol. The number of benzene rings is 1. The molecule has 0 aliphatic rings. The summed E-state index contributed by atoms with van der Waals surface area (Å²) in [4.78, 5) is 0. The van der Waals surface area contributed by atoms with Crippen molar-refractivity contribution in [3.63, 3.8) is 0 Å². The van der Waals surface area contributed by atoms with Crippen LogP contribution in [0.15, 0.2) is 24.3 Å². The van der Waals surface area contributed by atoms with E-state index >= 15 is 0 Å². The number of hydrogen-bond donors (Lipinski definition) is 2. The first-order chi connectivity index (χ1) is 14.0. The minimum Gasteiger partial charge on any atom is -0.497 e. The summed E-state index contributed by atoms with van der Waals surface area (Å²) < 4.78 is 16.0. The van der Waals surface area contributed by atoms with Crippen molar-refractivity contribution in [2.75, 3.05) is 33.5 Å². The molecule has 0 spiro atoms. The molecule has 1 aromatic carbocycles. The molecule has 5 nitrogen and oxygen atoms in total. The first-order valence-electron chi connectivity index (χ1n) is 10.6. The van der Waals surface area contributed by atoms with Crippen LogP contribution in [0.25, 0.3) is 0 Å². The summed E-state index contributed by atoms with van der Waals surface area (Å²) >= 11 is 0. The summed E-state index contributed by atoms with van der Waals surface area (Å²) in [5, 5.41) is 20.1. The highest BCUT2D eigenvalue weighted by Gasteiger charge is 2.24. The number of aliphatic hydroxyl groups excluding tert-OH is 2. The van der Waals surface area contributed by atoms with Gasteiger partial charge in [0.25, 0.3) is 0 Å². The molecular formula is C23H38O5Si. The van der Waals surface area contributed by atoms with Gasteiger partial charge < -0.3 is 24.4 Å². The maximum Gasteiger partial charge on any atom is 0.137 e. The molecule has 2 N–H and O–H groups in total. The molecule has 0 saturated carbocycles. The Morgan fingerprint density at radius 1 is 0.897 bits per heavy atom. The second-order valence-electron chi connectivity index (χ2n) is 7.36. The van der Waals surface area contributed by atoms with E-state index < -0.39 is 20.3 Å². The molecule has 0 amide bonds. The molecule has 0 aliphatic carbocycles. The molecule has 6 heteroatoms. The van der Waals surface area contributed by atoms with Crippen molar-refractivity contribution in [3.05, 3.63) is 29.8 Å². The minimum absolute atomic E-state index is 0.251. The van der Waals surface area contributed by atoms with Crippen LogP contribution < -0.4 is 4.74 Å². The topological polar surface area (TPSA) is 68.2 Å². The number of ether oxygens (including phenoxy) is 3. The summed E-state index contributed by atoms with van der Waals surface area (Å²) in [6, 6.07) is 11.1. The van der Waals surface area contributed by atoms with Crippen LogP contribution in [0.3, 0.4) is 0 Å². The lowest BCUT2D eigenvalue weighted by Gasteiger charge is -2.20. The van der Waals surface area contributed by atoms with Gasteiger partial charge in [-0.05, 0) is 35.8 Å². The van der Waals surface area contributed by atoms with Crippen molar-refractivity contribution in [2.45, 2.75) is 64.0 Å². The van der Waals surface area contributed by atoms with Gasteiger partial charge in [0.15, 0.2) is 0 Å². The van der Waals surface area contributed by atoms with Crippen molar-refractivity contribution in [3.8, 4) is 17.2 Å². The van der Waals surface area contributed by atoms with E-state index in [2.05, 4.69) is 32.2 Å². The van der Waals surface area contributed by atoms with E-state index in [1.807, 2.05) is 24.3 Å². The second-order valence-corrected chi connectivity index (χ2v) is 12.3. The van der Waals surface area contributed by atoms with Crippen molar-refractivity contribution in [2.24, 2.45) is 0 Å². The Morgan fingerprint density at radius 3 is 1.97 bits per heavy atom. The third-order valence-corrected chi connectivity index (χ3v) is 10.1. The first-order valence-corrected chi connectivity index (χ1v) is 13.2. The van der Waals surface area contributed by atoms with E-state index in [1.165, 1.54) is 18.1 Å². The van der Waals surface area contributed by atoms with Gasteiger partial charge in [0, 0.05) is 12.8 Å². The Balaban J connectivity index is 2.14. The molecule has 0 radical (unpaired) electrons. The Labute approximate surface area is 177 Å². The van der Waals surface area contributed by atoms with Crippen LogP contribution in [0, 0.1) is 11.5 Å². The molecule has 0 aliphatic heterocycles. The maximum absolute atomic E-state index is 10.0. The lowest BCUT2D eigenvalue weighted by atomic mass is 10.1. The quantitative estimate of drug-likeness (QED) is 0.273. The van der Waals surface area contributed by atoms with Crippen molar-refractivity contribution in [1.82, 2.24) is 0 Å². The Kier molecular flexibility index (Phi) is 12.9. The standard InChI is InChI=1S/C23H38O5Si/c1-5-29(6-2,7-3)16-8-9-21(24)18-27-14-15-28-19-22(25)17-20-10-12-23(26-4)13-11-20/h10-13,21-22,24-25H,5-7,9,14-15,17-19H2,1-4H3/t21-,22+/m0/s1. The van der Waals surface area contributed by atoms with Crippen LogP contribution >= 0.6 is 0 Å². The van der Waals surface area contributed by atoms with E-state index in [4.69, 9.17) is 14.2 Å². The summed E-state index contributed by atoms with van der Waals surface area (Å²) in [6.45, 7) is 7.95. The molecule has 0 aromatic heterocycles. The molecule has 0 unspecified atom stereocenters. The zero-order valence-electron chi connectivity index (χ0n) is 18.4. The van der Waals surface area contributed by atoms with Crippen LogP contribution in [0.1, 0.15) is 32.8 Å². The normalized spacial score (nSPS) is 13.4. The lowest BCUT2D eigenvalue weighted by molar-refractivity contribution is -0.0156. The van der Waals surface area contributed by atoms with Gasteiger partial charge in [-0.1, -0.05) is 32.9 Å². The largest absolute Gasteiger partial charge is 0.497 e. The zero-order valence-corrected chi connectivity index (χ0v) is 19.4. The SMILES string of the molecule is CC[Si](C#CC[C@H](O)COCCOC[C@H](O)Cc1ccc(OC)cc1)(CC)CC. The molecule has 0 saturated heterocycles. The van der Waals surface area contributed by atoms with E-state index in [0.29, 0.717) is 26.1 Å². The van der Waals surface area contributed by atoms with Gasteiger partial charge in [-0.25, -0.2) is 0 Å². The zero-order chi connectivity index (χ0) is 21.5. The summed E-state index contributed by atoms with van der Waals surface area (Å²) in [6.07, 6.45) is -0.152. The van der Waals surface area contributed by atoms with Crippen molar-refractivity contribution in [1.29, 1.82) is 0 Å². The fourth-order valence-corrected chi connectivity index (χ4v) is 5.59. The summed E-state index contributed by atoms with van der Waals surface area (Å²) in [5.41, 5.74) is 4.51. The molecule has 0 heterocycles. The van der Waals surface area contributed by atoms with Gasteiger partial charge in [0.2, 0.25) is 0 Å². The van der Waals surface area contributed by atoms with Gasteiger partial charge in [-0.15, -0.1) is 11.5 Å². The summed E-state index contributed by atoms with van der Waals surface area (Å²) in [7, 11) is 0.188. The predicted octanol–water partition coefficient (Wildman–Crippen LogP) is 3.43. The van der Waals surface area contributed by atoms with E-state index in [9.17, 15) is 10.2 Å². The Morgan fingerprint density at radius 2 is 1.45 bits per heavy atom. The second kappa shape index (κ2) is 14.6. The predicted molar refractivity (Wildman–Crippen MR) is 120 cm³/mol. The fourth-order valence-electron chi connectivity index (χ4n) is 3.08. The van der Waals surface area contributed by atoms with Crippen LogP contribution in [-0.4, -0.2) is 64.0 Å². The van der Waals surface area contributed by atoms with Gasteiger partial charge >= 0.3 is 0 Å². The summed E-state index contributed by atoms with van der Waals surface area (Å²) in [5.74, 6) is 3.98. The first kappa shape index (κ1) is 25.7. The average Bonchev–Trinajstić information content (AvgIpc) is 2.74. The van der Waals surface area contributed by atoms with Gasteiger partial charge in [-0.3, -0.25) is 0 Å². The van der Waals surface area contributed by atoms with Gasteiger partial charge in [0.05, 0.1) is 45.7 Å². The van der Waals surface area contributed by atoms with Crippen LogP contribution in [0.4, 0.5) is 0 Å². The molecule has 2 atom stereocenters. The van der Waals surface area contributed by atoms with Crippen LogP contribution in [-0.2, 0) is 15.9 Å². The van der Waals surface area contributed by atoms with Crippen molar-refractivity contribution >= 4 is 8.07 Å². The molecule has 1 rings (SSSR count).